The Hall–Kier alpha value is -3.45. The molecule has 0 aliphatic heterocycles. The second-order valence-electron chi connectivity index (χ2n) is 4.74. The fourth-order valence-electron chi connectivity index (χ4n) is 1.95. The molecule has 0 spiro atoms. The molecule has 0 aliphatic rings. The number of aromatic nitrogens is 2. The van der Waals surface area contributed by atoms with Gasteiger partial charge >= 0.3 is 0 Å². The van der Waals surface area contributed by atoms with Gasteiger partial charge in [-0.2, -0.15) is 0 Å². The monoisotopic (exact) mass is 299 g/mol. The number of hydrogen-bond acceptors (Lipinski definition) is 3. The Labute approximate surface area is 134 Å². The molecule has 0 aliphatic carbocycles. The Bertz CT molecular complexity index is 865. The number of nitrogens with zero attached hydrogens (tertiary/aromatic N) is 2. The highest BCUT2D eigenvalue weighted by Gasteiger charge is 2.07. The van der Waals surface area contributed by atoms with Crippen molar-refractivity contribution in [2.24, 2.45) is 0 Å². The zero-order valence-electron chi connectivity index (χ0n) is 12.2. The maximum absolute atomic E-state index is 12.1. The molecule has 0 fully saturated rings. The minimum atomic E-state index is -0.300. The van der Waals surface area contributed by atoms with Crippen molar-refractivity contribution in [2.75, 3.05) is 5.32 Å². The number of carbonyl (C=O) groups excluding carboxylic acids is 1. The van der Waals surface area contributed by atoms with E-state index < -0.39 is 0 Å². The smallest absolute Gasteiger partial charge is 0.275 e. The molecule has 0 bridgehead atoms. The summed E-state index contributed by atoms with van der Waals surface area (Å²) >= 11 is 0. The zero-order valence-corrected chi connectivity index (χ0v) is 12.2. The summed E-state index contributed by atoms with van der Waals surface area (Å²) in [4.78, 5) is 19.9. The average molecular weight is 299 g/mol. The van der Waals surface area contributed by atoms with Gasteiger partial charge in [0.1, 0.15) is 5.69 Å². The number of anilines is 1. The predicted octanol–water partition coefficient (Wildman–Crippen LogP) is 3.13. The molecule has 3 aromatic rings. The third kappa shape index (κ3) is 4.02. The number of amides is 1. The van der Waals surface area contributed by atoms with Gasteiger partial charge in [0.05, 0.1) is 6.20 Å². The summed E-state index contributed by atoms with van der Waals surface area (Å²) in [6, 6.07) is 17.1. The molecule has 0 saturated carbocycles. The topological polar surface area (TPSA) is 54.9 Å². The number of carbonyl (C=O) groups is 1. The second-order valence-corrected chi connectivity index (χ2v) is 4.74. The van der Waals surface area contributed by atoms with E-state index in [1.165, 1.54) is 18.6 Å². The van der Waals surface area contributed by atoms with E-state index >= 15 is 0 Å². The molecule has 0 atom stereocenters. The van der Waals surface area contributed by atoms with Crippen molar-refractivity contribution in [3.8, 4) is 11.8 Å². The summed E-state index contributed by atoms with van der Waals surface area (Å²) in [7, 11) is 0. The molecule has 3 rings (SSSR count). The average Bonchev–Trinajstić information content (AvgIpc) is 2.62. The van der Waals surface area contributed by atoms with Gasteiger partial charge in [-0.1, -0.05) is 36.1 Å². The van der Waals surface area contributed by atoms with E-state index in [0.29, 0.717) is 5.69 Å². The summed E-state index contributed by atoms with van der Waals surface area (Å²) in [5.41, 5.74) is 2.71. The number of benzene rings is 2. The van der Waals surface area contributed by atoms with Crippen LogP contribution in [0.15, 0.2) is 73.2 Å². The highest BCUT2D eigenvalue weighted by molar-refractivity contribution is 6.02. The third-order valence-electron chi connectivity index (χ3n) is 3.04. The highest BCUT2D eigenvalue weighted by atomic mass is 16.1. The molecule has 0 saturated heterocycles. The van der Waals surface area contributed by atoms with Crippen molar-refractivity contribution in [1.82, 2.24) is 9.97 Å². The molecule has 1 aromatic heterocycles. The normalized spacial score (nSPS) is 9.57. The summed E-state index contributed by atoms with van der Waals surface area (Å²) in [5.74, 6) is 5.87. The molecular formula is C19H13N3O. The minimum absolute atomic E-state index is 0.272. The minimum Gasteiger partial charge on any atom is -0.321 e. The lowest BCUT2D eigenvalue weighted by molar-refractivity contribution is 0.102. The molecule has 110 valence electrons. The molecule has 23 heavy (non-hydrogen) atoms. The molecule has 0 radical (unpaired) electrons. The second kappa shape index (κ2) is 7.01. The van der Waals surface area contributed by atoms with E-state index in [4.69, 9.17) is 0 Å². The van der Waals surface area contributed by atoms with E-state index in [0.717, 1.165) is 11.1 Å². The van der Waals surface area contributed by atoms with Crippen LogP contribution >= 0.6 is 0 Å². The van der Waals surface area contributed by atoms with Crippen molar-refractivity contribution in [2.45, 2.75) is 0 Å². The maximum atomic E-state index is 12.1. The van der Waals surface area contributed by atoms with Crippen LogP contribution in [0.5, 0.6) is 0 Å². The zero-order chi connectivity index (χ0) is 15.9. The van der Waals surface area contributed by atoms with Crippen LogP contribution in [-0.4, -0.2) is 15.9 Å². The summed E-state index contributed by atoms with van der Waals surface area (Å²) in [5, 5.41) is 2.79. The first-order valence-electron chi connectivity index (χ1n) is 7.06. The van der Waals surface area contributed by atoms with Crippen molar-refractivity contribution < 1.29 is 4.79 Å². The quantitative estimate of drug-likeness (QED) is 0.740. The molecule has 0 unspecified atom stereocenters. The Balaban J connectivity index is 1.76. The van der Waals surface area contributed by atoms with Crippen LogP contribution in [0.3, 0.4) is 0 Å². The fourth-order valence-corrected chi connectivity index (χ4v) is 1.95. The van der Waals surface area contributed by atoms with Gasteiger partial charge in [0, 0.05) is 29.2 Å². The van der Waals surface area contributed by atoms with Crippen molar-refractivity contribution in [1.29, 1.82) is 0 Å². The van der Waals surface area contributed by atoms with Crippen molar-refractivity contribution in [3.63, 3.8) is 0 Å². The standard InChI is InChI=1S/C19H13N3O/c23-19(18-14-20-11-12-21-18)22-17-8-4-7-16(13-17)10-9-15-5-2-1-3-6-15/h1-8,11-14H,(H,22,23). The van der Waals surface area contributed by atoms with Crippen LogP contribution in [0.2, 0.25) is 0 Å². The molecule has 4 nitrogen and oxygen atoms in total. The lowest BCUT2D eigenvalue weighted by Crippen LogP contribution is -2.13. The highest BCUT2D eigenvalue weighted by Crippen LogP contribution is 2.11. The molecule has 1 heterocycles. The lowest BCUT2D eigenvalue weighted by Gasteiger charge is -2.04. The third-order valence-corrected chi connectivity index (χ3v) is 3.04. The first-order valence-corrected chi connectivity index (χ1v) is 7.06. The van der Waals surface area contributed by atoms with E-state index in [-0.39, 0.29) is 11.6 Å². The molecular weight excluding hydrogens is 286 g/mol. The van der Waals surface area contributed by atoms with Gasteiger partial charge < -0.3 is 5.32 Å². The van der Waals surface area contributed by atoms with E-state index in [2.05, 4.69) is 27.1 Å². The van der Waals surface area contributed by atoms with Gasteiger partial charge in [-0.05, 0) is 30.3 Å². The van der Waals surface area contributed by atoms with Crippen molar-refractivity contribution in [3.05, 3.63) is 90.0 Å². The number of hydrogen-bond donors (Lipinski definition) is 1. The van der Waals surface area contributed by atoms with Crippen LogP contribution in [-0.2, 0) is 0 Å². The molecule has 4 heteroatoms. The van der Waals surface area contributed by atoms with Gasteiger partial charge in [0.15, 0.2) is 0 Å². The van der Waals surface area contributed by atoms with E-state index in [9.17, 15) is 4.79 Å². The predicted molar refractivity (Wildman–Crippen MR) is 88.8 cm³/mol. The first kappa shape index (κ1) is 14.5. The van der Waals surface area contributed by atoms with Gasteiger partial charge in [-0.3, -0.25) is 9.78 Å². The molecule has 1 N–H and O–H groups in total. The van der Waals surface area contributed by atoms with Gasteiger partial charge in [0.25, 0.3) is 5.91 Å². The largest absolute Gasteiger partial charge is 0.321 e. The van der Waals surface area contributed by atoms with Crippen molar-refractivity contribution >= 4 is 11.6 Å². The van der Waals surface area contributed by atoms with Gasteiger partial charge in [-0.15, -0.1) is 0 Å². The Morgan fingerprint density at radius 3 is 2.48 bits per heavy atom. The maximum Gasteiger partial charge on any atom is 0.275 e. The Kier molecular flexibility index (Phi) is 4.41. The summed E-state index contributed by atoms with van der Waals surface area (Å²) in [6.45, 7) is 0. The number of nitrogens with one attached hydrogen (secondary N) is 1. The Morgan fingerprint density at radius 1 is 0.913 bits per heavy atom. The van der Waals surface area contributed by atoms with E-state index in [1.807, 2.05) is 54.6 Å². The van der Waals surface area contributed by atoms with Crippen LogP contribution in [0.25, 0.3) is 0 Å². The van der Waals surface area contributed by atoms with Gasteiger partial charge in [0.2, 0.25) is 0 Å². The Morgan fingerprint density at radius 2 is 1.70 bits per heavy atom. The number of rotatable bonds is 2. The first-order chi connectivity index (χ1) is 11.3. The van der Waals surface area contributed by atoms with Crippen LogP contribution in [0.4, 0.5) is 5.69 Å². The SMILES string of the molecule is O=C(Nc1cccc(C#Cc2ccccc2)c1)c1cnccn1. The van der Waals surface area contributed by atoms with Crippen LogP contribution in [0, 0.1) is 11.8 Å². The van der Waals surface area contributed by atoms with E-state index in [1.54, 1.807) is 0 Å². The summed E-state index contributed by atoms with van der Waals surface area (Å²) < 4.78 is 0. The van der Waals surface area contributed by atoms with Crippen LogP contribution < -0.4 is 5.32 Å². The summed E-state index contributed by atoms with van der Waals surface area (Å²) in [6.07, 6.45) is 4.43. The molecule has 1 amide bonds. The van der Waals surface area contributed by atoms with Gasteiger partial charge in [-0.25, -0.2) is 4.98 Å². The van der Waals surface area contributed by atoms with Crippen LogP contribution in [0.1, 0.15) is 21.6 Å². The molecule has 2 aromatic carbocycles. The lowest BCUT2D eigenvalue weighted by atomic mass is 10.1. The fraction of sp³-hybridized carbons (Fsp3) is 0.